The number of rotatable bonds is 3. The van der Waals surface area contributed by atoms with E-state index in [1.54, 1.807) is 7.11 Å². The third-order valence-corrected chi connectivity index (χ3v) is 6.05. The van der Waals surface area contributed by atoms with Crippen LogP contribution in [-0.2, 0) is 9.53 Å². The van der Waals surface area contributed by atoms with Crippen molar-refractivity contribution in [3.05, 3.63) is 29.3 Å². The molecule has 24 heavy (non-hydrogen) atoms. The maximum absolute atomic E-state index is 13.0. The van der Waals surface area contributed by atoms with E-state index in [4.69, 9.17) is 9.47 Å². The van der Waals surface area contributed by atoms with Crippen molar-refractivity contribution in [1.29, 1.82) is 0 Å². The van der Waals surface area contributed by atoms with Crippen molar-refractivity contribution in [2.45, 2.75) is 44.6 Å². The van der Waals surface area contributed by atoms with Crippen molar-refractivity contribution in [1.82, 2.24) is 4.90 Å². The summed E-state index contributed by atoms with van der Waals surface area (Å²) in [5.74, 6) is 0.872. The van der Waals surface area contributed by atoms with Gasteiger partial charge in [-0.25, -0.2) is 0 Å². The van der Waals surface area contributed by atoms with Gasteiger partial charge in [0.15, 0.2) is 0 Å². The average molecular weight is 329 g/mol. The van der Waals surface area contributed by atoms with Crippen LogP contribution in [0.25, 0.3) is 0 Å². The molecule has 1 saturated carbocycles. The van der Waals surface area contributed by atoms with Crippen molar-refractivity contribution in [2.75, 3.05) is 20.3 Å². The molecule has 1 amide bonds. The average Bonchev–Trinajstić information content (AvgIpc) is 3.01. The molecule has 0 bridgehead atoms. The standard InChI is InChI=1S/C19H23NO4/c1-3-24-18(22)19-8-4-5-13-15-11-12(23-2)6-7-14(15)17(21)20(10-9-19)16(13)19/h6-7,11,13,16H,3-5,8-10H2,1-2H3/t13?,16-,19+/m1/s1. The summed E-state index contributed by atoms with van der Waals surface area (Å²) in [7, 11) is 1.64. The monoisotopic (exact) mass is 329 g/mol. The van der Waals surface area contributed by atoms with E-state index in [-0.39, 0.29) is 23.8 Å². The van der Waals surface area contributed by atoms with E-state index in [1.165, 1.54) is 0 Å². The van der Waals surface area contributed by atoms with Gasteiger partial charge in [0, 0.05) is 18.0 Å². The highest BCUT2D eigenvalue weighted by Gasteiger charge is 2.61. The number of carbonyl (C=O) groups excluding carboxylic acids is 2. The molecule has 128 valence electrons. The van der Waals surface area contributed by atoms with Crippen molar-refractivity contribution >= 4 is 11.9 Å². The van der Waals surface area contributed by atoms with Gasteiger partial charge in [0.2, 0.25) is 0 Å². The van der Waals surface area contributed by atoms with E-state index >= 15 is 0 Å². The van der Waals surface area contributed by atoms with E-state index in [0.29, 0.717) is 19.6 Å². The lowest BCUT2D eigenvalue weighted by Crippen LogP contribution is -2.55. The van der Waals surface area contributed by atoms with Crippen LogP contribution in [0.1, 0.15) is 54.4 Å². The Kier molecular flexibility index (Phi) is 3.55. The lowest BCUT2D eigenvalue weighted by Gasteiger charge is -2.48. The molecule has 3 atom stereocenters. The van der Waals surface area contributed by atoms with E-state index in [9.17, 15) is 9.59 Å². The smallest absolute Gasteiger partial charge is 0.314 e. The van der Waals surface area contributed by atoms with Crippen LogP contribution in [0.4, 0.5) is 0 Å². The summed E-state index contributed by atoms with van der Waals surface area (Å²) < 4.78 is 10.8. The molecule has 0 N–H and O–H groups in total. The molecule has 1 aromatic rings. The van der Waals surface area contributed by atoms with E-state index in [2.05, 4.69) is 0 Å². The summed E-state index contributed by atoms with van der Waals surface area (Å²) in [5, 5.41) is 0. The van der Waals surface area contributed by atoms with E-state index in [1.807, 2.05) is 30.0 Å². The zero-order valence-corrected chi connectivity index (χ0v) is 14.2. The highest BCUT2D eigenvalue weighted by Crippen LogP contribution is 2.56. The molecule has 3 aliphatic rings. The third kappa shape index (κ3) is 1.93. The first-order chi connectivity index (χ1) is 11.6. The molecule has 0 aromatic heterocycles. The zero-order chi connectivity index (χ0) is 16.9. The number of hydrogen-bond donors (Lipinski definition) is 0. The molecule has 5 nitrogen and oxygen atoms in total. The number of fused-ring (bicyclic) bond motifs is 2. The minimum atomic E-state index is -0.532. The Bertz CT molecular complexity index is 701. The lowest BCUT2D eigenvalue weighted by molar-refractivity contribution is -0.159. The van der Waals surface area contributed by atoms with Crippen molar-refractivity contribution < 1.29 is 19.1 Å². The second-order valence-corrected chi connectivity index (χ2v) is 7.02. The molecule has 4 rings (SSSR count). The van der Waals surface area contributed by atoms with Crippen LogP contribution in [0.15, 0.2) is 18.2 Å². The molecule has 2 heterocycles. The number of methoxy groups -OCH3 is 1. The quantitative estimate of drug-likeness (QED) is 0.800. The molecule has 0 spiro atoms. The fourth-order valence-corrected chi connectivity index (χ4v) is 5.05. The molecule has 1 aliphatic carbocycles. The first-order valence-corrected chi connectivity index (χ1v) is 8.78. The number of ether oxygens (including phenoxy) is 2. The number of amides is 1. The number of benzene rings is 1. The Morgan fingerprint density at radius 3 is 2.96 bits per heavy atom. The summed E-state index contributed by atoms with van der Waals surface area (Å²) >= 11 is 0. The Morgan fingerprint density at radius 2 is 2.21 bits per heavy atom. The van der Waals surface area contributed by atoms with Crippen molar-refractivity contribution in [2.24, 2.45) is 5.41 Å². The lowest BCUT2D eigenvalue weighted by atomic mass is 9.62. The van der Waals surface area contributed by atoms with Gasteiger partial charge < -0.3 is 14.4 Å². The minimum absolute atomic E-state index is 0.0435. The second kappa shape index (κ2) is 5.50. The van der Waals surface area contributed by atoms with Gasteiger partial charge in [-0.2, -0.15) is 0 Å². The molecule has 0 radical (unpaired) electrons. The normalized spacial score (nSPS) is 30.6. The first-order valence-electron chi connectivity index (χ1n) is 8.78. The second-order valence-electron chi connectivity index (χ2n) is 7.02. The van der Waals surface area contributed by atoms with E-state index in [0.717, 1.165) is 36.1 Å². The molecule has 2 aliphatic heterocycles. The molecule has 1 unspecified atom stereocenters. The Balaban J connectivity index is 1.83. The minimum Gasteiger partial charge on any atom is -0.497 e. The number of hydrogen-bond acceptors (Lipinski definition) is 4. The predicted molar refractivity (Wildman–Crippen MR) is 88.1 cm³/mol. The molecular weight excluding hydrogens is 306 g/mol. The Morgan fingerprint density at radius 1 is 1.38 bits per heavy atom. The van der Waals surface area contributed by atoms with Crippen LogP contribution < -0.4 is 4.74 Å². The van der Waals surface area contributed by atoms with Gasteiger partial charge in [-0.1, -0.05) is 6.42 Å². The van der Waals surface area contributed by atoms with Crippen LogP contribution in [0.2, 0.25) is 0 Å². The van der Waals surface area contributed by atoms with Crippen molar-refractivity contribution in [3.8, 4) is 5.75 Å². The molecule has 2 fully saturated rings. The SMILES string of the molecule is CCOC(=O)[C@@]12CCCC3c4cc(OC)ccc4C(=O)N(CC1)[C@H]32. The van der Waals surface area contributed by atoms with E-state index < -0.39 is 5.41 Å². The van der Waals surface area contributed by atoms with Gasteiger partial charge in [-0.05, 0) is 49.9 Å². The predicted octanol–water partition coefficient (Wildman–Crippen LogP) is 2.74. The fraction of sp³-hybridized carbons (Fsp3) is 0.579. The molecule has 1 saturated heterocycles. The fourth-order valence-electron chi connectivity index (χ4n) is 5.05. The molecule has 1 aromatic carbocycles. The van der Waals surface area contributed by atoms with Crippen LogP contribution in [0.5, 0.6) is 5.75 Å². The number of nitrogens with zero attached hydrogens (tertiary/aromatic N) is 1. The summed E-state index contributed by atoms with van der Waals surface area (Å²) in [6.07, 6.45) is 3.51. The highest BCUT2D eigenvalue weighted by atomic mass is 16.5. The summed E-state index contributed by atoms with van der Waals surface area (Å²) in [5.41, 5.74) is 1.27. The van der Waals surface area contributed by atoms with Crippen molar-refractivity contribution in [3.63, 3.8) is 0 Å². The molecular formula is C19H23NO4. The van der Waals surface area contributed by atoms with Gasteiger partial charge in [0.1, 0.15) is 5.75 Å². The Hall–Kier alpha value is -2.04. The first kappa shape index (κ1) is 15.5. The summed E-state index contributed by atoms with van der Waals surface area (Å²) in [4.78, 5) is 27.7. The summed E-state index contributed by atoms with van der Waals surface area (Å²) in [6, 6.07) is 5.62. The maximum atomic E-state index is 13.0. The van der Waals surface area contributed by atoms with Crippen LogP contribution in [-0.4, -0.2) is 43.1 Å². The summed E-state index contributed by atoms with van der Waals surface area (Å²) in [6.45, 7) is 2.87. The molecule has 5 heteroatoms. The van der Waals surface area contributed by atoms with Gasteiger partial charge in [0.25, 0.3) is 5.91 Å². The van der Waals surface area contributed by atoms with Crippen LogP contribution >= 0.6 is 0 Å². The zero-order valence-electron chi connectivity index (χ0n) is 14.2. The largest absolute Gasteiger partial charge is 0.497 e. The maximum Gasteiger partial charge on any atom is 0.314 e. The van der Waals surface area contributed by atoms with Gasteiger partial charge in [-0.15, -0.1) is 0 Å². The topological polar surface area (TPSA) is 55.8 Å². The highest BCUT2D eigenvalue weighted by molar-refractivity contribution is 5.99. The Labute approximate surface area is 141 Å². The number of esters is 1. The van der Waals surface area contributed by atoms with Gasteiger partial charge in [-0.3, -0.25) is 9.59 Å². The van der Waals surface area contributed by atoms with Gasteiger partial charge >= 0.3 is 5.97 Å². The van der Waals surface area contributed by atoms with Gasteiger partial charge in [0.05, 0.1) is 25.2 Å². The number of carbonyl (C=O) groups is 2. The van der Waals surface area contributed by atoms with Crippen LogP contribution in [0, 0.1) is 5.41 Å². The van der Waals surface area contributed by atoms with Crippen LogP contribution in [0.3, 0.4) is 0 Å². The third-order valence-electron chi connectivity index (χ3n) is 6.05.